The van der Waals surface area contributed by atoms with Crippen LogP contribution in [0.5, 0.6) is 0 Å². The zero-order valence-corrected chi connectivity index (χ0v) is 25.6. The van der Waals surface area contributed by atoms with Crippen molar-refractivity contribution in [3.8, 4) is 11.1 Å². The number of carbonyl (C=O) groups excluding carboxylic acids is 2. The molecule has 0 atom stereocenters. The molecule has 4 heterocycles. The van der Waals surface area contributed by atoms with Crippen LogP contribution in [0.2, 0.25) is 5.02 Å². The summed E-state index contributed by atoms with van der Waals surface area (Å²) in [6.07, 6.45) is 6.17. The molecule has 0 aliphatic carbocycles. The zero-order valence-electron chi connectivity index (χ0n) is 24.8. The number of nitrogens with one attached hydrogen (secondary N) is 1. The monoisotopic (exact) mass is 619 g/mol. The Kier molecular flexibility index (Phi) is 10.1. The lowest BCUT2D eigenvalue weighted by molar-refractivity contribution is 0.0450. The summed E-state index contributed by atoms with van der Waals surface area (Å²) >= 11 is 6.19. The Morgan fingerprint density at radius 3 is 2.59 bits per heavy atom. The number of nitrogens with zero attached hydrogens (tertiary/aromatic N) is 6. The van der Waals surface area contributed by atoms with Crippen LogP contribution in [0.25, 0.3) is 22.2 Å². The Bertz CT molecular complexity index is 1850. The van der Waals surface area contributed by atoms with Crippen molar-refractivity contribution in [1.82, 2.24) is 29.0 Å². The molecule has 0 saturated carbocycles. The molecule has 0 unspecified atom stereocenters. The molecule has 0 radical (unpaired) electrons. The average Bonchev–Trinajstić information content (AvgIpc) is 3.39. The van der Waals surface area contributed by atoms with Crippen molar-refractivity contribution in [3.05, 3.63) is 99.7 Å². The molecule has 5 aromatic rings. The van der Waals surface area contributed by atoms with Gasteiger partial charge in [-0.05, 0) is 36.4 Å². The third-order valence-corrected chi connectivity index (χ3v) is 6.88. The number of rotatable bonds is 8. The standard InChI is InChI=1S/C29H25ClFN7O4.C2H6/c1-36(10-11-42-28(41)17-6-5-9-32-14-17)27(40)23-13-19(16-37(23)2)34-29-33-15-18-12-20(26(39)38(3)25(18)35-29)24-21(30)7-4-8-22(24)31;1-2/h4-9,12-16H,10-11H2,1-3H3,(H,33,34,35);1-2H3. The predicted octanol–water partition coefficient (Wildman–Crippen LogP) is 5.22. The van der Waals surface area contributed by atoms with Gasteiger partial charge in [-0.3, -0.25) is 19.1 Å². The molecular weight excluding hydrogens is 589 g/mol. The van der Waals surface area contributed by atoms with E-state index in [1.165, 1.54) is 53.2 Å². The second kappa shape index (κ2) is 13.9. The minimum Gasteiger partial charge on any atom is -0.460 e. The van der Waals surface area contributed by atoms with E-state index in [0.717, 1.165) is 0 Å². The lowest BCUT2D eigenvalue weighted by Crippen LogP contribution is -2.31. The van der Waals surface area contributed by atoms with E-state index in [9.17, 15) is 18.8 Å². The van der Waals surface area contributed by atoms with E-state index in [-0.39, 0.29) is 41.2 Å². The Labute approximate surface area is 257 Å². The molecule has 0 fully saturated rings. The number of fused-ring (bicyclic) bond motifs is 1. The van der Waals surface area contributed by atoms with Gasteiger partial charge in [0.25, 0.3) is 11.5 Å². The van der Waals surface area contributed by atoms with Crippen molar-refractivity contribution < 1.29 is 18.7 Å². The molecule has 0 aliphatic heterocycles. The van der Waals surface area contributed by atoms with Gasteiger partial charge >= 0.3 is 5.97 Å². The average molecular weight is 620 g/mol. The highest BCUT2D eigenvalue weighted by Crippen LogP contribution is 2.30. The van der Waals surface area contributed by atoms with Gasteiger partial charge in [0.05, 0.1) is 28.4 Å². The SMILES string of the molecule is CC.CN(CCOC(=O)c1cccnc1)C(=O)c1cc(Nc2ncc3cc(-c4c(F)cccc4Cl)c(=O)n(C)c3n2)cn1C. The normalized spacial score (nSPS) is 10.6. The highest BCUT2D eigenvalue weighted by molar-refractivity contribution is 6.33. The number of aryl methyl sites for hydroxylation is 2. The van der Waals surface area contributed by atoms with Gasteiger partial charge in [0.2, 0.25) is 5.95 Å². The first-order valence-electron chi connectivity index (χ1n) is 13.7. The van der Waals surface area contributed by atoms with E-state index >= 15 is 0 Å². The van der Waals surface area contributed by atoms with Gasteiger partial charge < -0.3 is 19.5 Å². The number of benzene rings is 1. The summed E-state index contributed by atoms with van der Waals surface area (Å²) in [4.78, 5) is 52.4. The molecule has 1 N–H and O–H groups in total. The number of ether oxygens (including phenoxy) is 1. The van der Waals surface area contributed by atoms with Crippen LogP contribution in [0, 0.1) is 5.82 Å². The lowest BCUT2D eigenvalue weighted by atomic mass is 10.1. The summed E-state index contributed by atoms with van der Waals surface area (Å²) in [5.74, 6) is -1.23. The third-order valence-electron chi connectivity index (χ3n) is 6.56. The van der Waals surface area contributed by atoms with Crippen LogP contribution in [0.1, 0.15) is 34.7 Å². The minimum atomic E-state index is -0.607. The van der Waals surface area contributed by atoms with Crippen LogP contribution in [0.4, 0.5) is 16.0 Å². The smallest absolute Gasteiger partial charge is 0.339 e. The van der Waals surface area contributed by atoms with E-state index in [2.05, 4.69) is 20.3 Å². The molecule has 0 aliphatic rings. The first kappa shape index (κ1) is 31.8. The van der Waals surface area contributed by atoms with Gasteiger partial charge in [-0.25, -0.2) is 14.2 Å². The number of aromatic nitrogens is 5. The number of carbonyl (C=O) groups is 2. The number of hydrogen-bond donors (Lipinski definition) is 1. The first-order valence-corrected chi connectivity index (χ1v) is 14.1. The number of pyridine rings is 2. The van der Waals surface area contributed by atoms with Gasteiger partial charge in [-0.15, -0.1) is 0 Å². The summed E-state index contributed by atoms with van der Waals surface area (Å²) in [5, 5.41) is 3.68. The molecule has 0 bridgehead atoms. The van der Waals surface area contributed by atoms with E-state index in [0.29, 0.717) is 28.0 Å². The second-order valence-corrected chi connectivity index (χ2v) is 9.85. The van der Waals surface area contributed by atoms with Gasteiger partial charge in [0.1, 0.15) is 23.8 Å². The van der Waals surface area contributed by atoms with Crippen molar-refractivity contribution in [2.75, 3.05) is 25.5 Å². The molecule has 13 heteroatoms. The van der Waals surface area contributed by atoms with Crippen LogP contribution >= 0.6 is 11.6 Å². The fourth-order valence-electron chi connectivity index (χ4n) is 4.35. The Balaban J connectivity index is 0.00000216. The van der Waals surface area contributed by atoms with Gasteiger partial charge in [-0.1, -0.05) is 31.5 Å². The summed E-state index contributed by atoms with van der Waals surface area (Å²) in [6, 6.07) is 10.6. The fraction of sp³-hybridized carbons (Fsp3) is 0.226. The van der Waals surface area contributed by atoms with Crippen LogP contribution in [0.3, 0.4) is 0 Å². The fourth-order valence-corrected chi connectivity index (χ4v) is 4.62. The van der Waals surface area contributed by atoms with Crippen molar-refractivity contribution in [1.29, 1.82) is 0 Å². The van der Waals surface area contributed by atoms with Crippen LogP contribution in [0.15, 0.2) is 72.0 Å². The van der Waals surface area contributed by atoms with E-state index in [1.807, 2.05) is 13.8 Å². The Morgan fingerprint density at radius 2 is 1.89 bits per heavy atom. The predicted molar refractivity (Wildman–Crippen MR) is 167 cm³/mol. The van der Waals surface area contributed by atoms with E-state index < -0.39 is 17.3 Å². The number of anilines is 2. The van der Waals surface area contributed by atoms with Gasteiger partial charge in [-0.2, -0.15) is 4.98 Å². The quantitative estimate of drug-likeness (QED) is 0.235. The highest BCUT2D eigenvalue weighted by Gasteiger charge is 2.19. The van der Waals surface area contributed by atoms with Crippen molar-refractivity contribution in [3.63, 3.8) is 0 Å². The minimum absolute atomic E-state index is 0.0139. The van der Waals surface area contributed by atoms with Crippen molar-refractivity contribution in [2.45, 2.75) is 13.8 Å². The molecule has 1 amide bonds. The molecule has 4 aromatic heterocycles. The number of amides is 1. The largest absolute Gasteiger partial charge is 0.460 e. The summed E-state index contributed by atoms with van der Waals surface area (Å²) in [7, 11) is 4.86. The highest BCUT2D eigenvalue weighted by atomic mass is 35.5. The van der Waals surface area contributed by atoms with Crippen molar-refractivity contribution >= 4 is 46.1 Å². The topological polar surface area (TPSA) is 124 Å². The molecule has 5 rings (SSSR count). The summed E-state index contributed by atoms with van der Waals surface area (Å²) in [5.41, 5.74) is 1.20. The number of halogens is 2. The Hall–Kier alpha value is -5.10. The lowest BCUT2D eigenvalue weighted by Gasteiger charge is -2.17. The number of esters is 1. The number of likely N-dealkylation sites (N-methyl/N-ethyl adjacent to an activating group) is 1. The maximum Gasteiger partial charge on any atom is 0.339 e. The Morgan fingerprint density at radius 1 is 1.11 bits per heavy atom. The molecule has 0 saturated heterocycles. The zero-order chi connectivity index (χ0) is 32.0. The first-order chi connectivity index (χ1) is 21.1. The molecule has 1 aromatic carbocycles. The van der Waals surface area contributed by atoms with Gasteiger partial charge in [0.15, 0.2) is 0 Å². The molecule has 44 heavy (non-hydrogen) atoms. The van der Waals surface area contributed by atoms with E-state index in [4.69, 9.17) is 16.3 Å². The molecule has 228 valence electrons. The van der Waals surface area contributed by atoms with Gasteiger partial charge in [0, 0.05) is 56.9 Å². The van der Waals surface area contributed by atoms with Crippen molar-refractivity contribution in [2.24, 2.45) is 14.1 Å². The van der Waals surface area contributed by atoms with Crippen LogP contribution in [-0.2, 0) is 18.8 Å². The maximum atomic E-state index is 14.5. The molecule has 0 spiro atoms. The third kappa shape index (κ3) is 6.76. The summed E-state index contributed by atoms with van der Waals surface area (Å²) < 4.78 is 22.7. The number of hydrogen-bond acceptors (Lipinski definition) is 8. The molecule has 11 nitrogen and oxygen atoms in total. The molecular formula is C31H31ClFN7O4. The van der Waals surface area contributed by atoms with Crippen LogP contribution in [-0.4, -0.2) is 61.1 Å². The maximum absolute atomic E-state index is 14.5. The second-order valence-electron chi connectivity index (χ2n) is 9.45. The summed E-state index contributed by atoms with van der Waals surface area (Å²) in [6.45, 7) is 4.20. The van der Waals surface area contributed by atoms with E-state index in [1.54, 1.807) is 49.3 Å². The van der Waals surface area contributed by atoms with Crippen LogP contribution < -0.4 is 10.9 Å².